The van der Waals surface area contributed by atoms with Crippen molar-refractivity contribution in [1.29, 1.82) is 0 Å². The Morgan fingerprint density at radius 1 is 1.41 bits per heavy atom. The Kier molecular flexibility index (Phi) is 3.63. The zero-order valence-corrected chi connectivity index (χ0v) is 11.9. The number of aryl methyl sites for hydroxylation is 1. The minimum atomic E-state index is -0.935. The molecule has 0 unspecified atom stereocenters. The number of carboxylic acids is 1. The minimum Gasteiger partial charge on any atom is -0.477 e. The second-order valence-corrected chi connectivity index (χ2v) is 5.62. The first-order chi connectivity index (χ1) is 8.06. The van der Waals surface area contributed by atoms with Gasteiger partial charge in [0, 0.05) is 9.26 Å². The third kappa shape index (κ3) is 2.95. The maximum Gasteiger partial charge on any atom is 0.347 e. The molecule has 0 fully saturated rings. The van der Waals surface area contributed by atoms with Gasteiger partial charge in [0.2, 0.25) is 0 Å². The number of nitrogens with zero attached hydrogens (tertiary/aromatic N) is 1. The fraction of sp³-hybridized carbons (Fsp3) is 0.0909. The van der Waals surface area contributed by atoms with E-state index in [1.165, 1.54) is 0 Å². The number of anilines is 2. The number of rotatable bonds is 3. The van der Waals surface area contributed by atoms with Gasteiger partial charge in [0.05, 0.1) is 5.69 Å². The van der Waals surface area contributed by atoms with Gasteiger partial charge in [-0.2, -0.15) is 0 Å². The Balaban J connectivity index is 2.22. The number of aromatic carboxylic acids is 1. The van der Waals surface area contributed by atoms with Crippen LogP contribution in [0.2, 0.25) is 0 Å². The van der Waals surface area contributed by atoms with Crippen LogP contribution in [-0.4, -0.2) is 16.1 Å². The van der Waals surface area contributed by atoms with E-state index in [2.05, 4.69) is 32.9 Å². The first-order valence-corrected chi connectivity index (χ1v) is 6.69. The quantitative estimate of drug-likeness (QED) is 0.823. The lowest BCUT2D eigenvalue weighted by molar-refractivity contribution is 0.0701. The summed E-state index contributed by atoms with van der Waals surface area (Å²) in [6.45, 7) is 1.69. The molecule has 1 aromatic carbocycles. The predicted octanol–water partition coefficient (Wildman–Crippen LogP) is 3.50. The highest BCUT2D eigenvalue weighted by Gasteiger charge is 2.13. The van der Waals surface area contributed by atoms with E-state index in [1.807, 2.05) is 24.3 Å². The fourth-order valence-corrected chi connectivity index (χ4v) is 2.49. The highest BCUT2D eigenvalue weighted by atomic mass is 127. The Bertz CT molecular complexity index is 551. The largest absolute Gasteiger partial charge is 0.477 e. The van der Waals surface area contributed by atoms with Gasteiger partial charge in [0.15, 0.2) is 5.13 Å². The summed E-state index contributed by atoms with van der Waals surface area (Å²) in [7, 11) is 0. The van der Waals surface area contributed by atoms with Crippen LogP contribution in [0.25, 0.3) is 0 Å². The third-order valence-corrected chi connectivity index (χ3v) is 3.87. The van der Waals surface area contributed by atoms with E-state index in [0.29, 0.717) is 10.8 Å². The minimum absolute atomic E-state index is 0.276. The SMILES string of the molecule is Cc1nc(Nc2ccc(I)cc2)sc1C(=O)O. The zero-order valence-electron chi connectivity index (χ0n) is 8.90. The summed E-state index contributed by atoms with van der Waals surface area (Å²) in [4.78, 5) is 15.3. The van der Waals surface area contributed by atoms with Crippen molar-refractivity contribution in [2.45, 2.75) is 6.92 Å². The van der Waals surface area contributed by atoms with Gasteiger partial charge in [0.1, 0.15) is 4.88 Å². The second-order valence-electron chi connectivity index (χ2n) is 3.37. The van der Waals surface area contributed by atoms with Gasteiger partial charge in [-0.25, -0.2) is 9.78 Å². The molecular formula is C11H9IN2O2S. The zero-order chi connectivity index (χ0) is 12.4. The number of hydrogen-bond acceptors (Lipinski definition) is 4. The molecule has 0 aliphatic heterocycles. The molecule has 0 bridgehead atoms. The summed E-state index contributed by atoms with van der Waals surface area (Å²) < 4.78 is 1.15. The van der Waals surface area contributed by atoms with Crippen LogP contribution in [0.1, 0.15) is 15.4 Å². The molecule has 1 heterocycles. The van der Waals surface area contributed by atoms with Crippen LogP contribution in [0.4, 0.5) is 10.8 Å². The van der Waals surface area contributed by atoms with Crippen LogP contribution in [0.3, 0.4) is 0 Å². The number of carboxylic acid groups (broad SMARTS) is 1. The molecular weight excluding hydrogens is 351 g/mol. The number of benzene rings is 1. The average molecular weight is 360 g/mol. The number of thiazole rings is 1. The lowest BCUT2D eigenvalue weighted by atomic mass is 10.3. The molecule has 6 heteroatoms. The van der Waals surface area contributed by atoms with E-state index in [-0.39, 0.29) is 4.88 Å². The van der Waals surface area contributed by atoms with Crippen molar-refractivity contribution >= 4 is 50.7 Å². The molecule has 0 saturated carbocycles. The highest BCUT2D eigenvalue weighted by molar-refractivity contribution is 14.1. The molecule has 2 aromatic rings. The summed E-state index contributed by atoms with van der Waals surface area (Å²) >= 11 is 3.37. The standard InChI is InChI=1S/C11H9IN2O2S/c1-6-9(10(15)16)17-11(13-6)14-8-4-2-7(12)3-5-8/h2-5H,1H3,(H,13,14)(H,15,16). The van der Waals surface area contributed by atoms with Crippen LogP contribution in [0.15, 0.2) is 24.3 Å². The van der Waals surface area contributed by atoms with Gasteiger partial charge >= 0.3 is 5.97 Å². The van der Waals surface area contributed by atoms with Crippen molar-refractivity contribution in [1.82, 2.24) is 4.98 Å². The second kappa shape index (κ2) is 5.01. The predicted molar refractivity (Wildman–Crippen MR) is 76.3 cm³/mol. The monoisotopic (exact) mass is 360 g/mol. The highest BCUT2D eigenvalue weighted by Crippen LogP contribution is 2.25. The average Bonchev–Trinajstić information content (AvgIpc) is 2.63. The molecule has 4 nitrogen and oxygen atoms in total. The molecule has 0 spiro atoms. The smallest absolute Gasteiger partial charge is 0.347 e. The molecule has 0 saturated heterocycles. The van der Waals surface area contributed by atoms with Gasteiger partial charge < -0.3 is 10.4 Å². The lowest BCUT2D eigenvalue weighted by Gasteiger charge is -2.01. The van der Waals surface area contributed by atoms with Crippen LogP contribution in [0, 0.1) is 10.5 Å². The van der Waals surface area contributed by atoms with Crippen LogP contribution >= 0.6 is 33.9 Å². The van der Waals surface area contributed by atoms with Gasteiger partial charge in [-0.1, -0.05) is 11.3 Å². The molecule has 0 radical (unpaired) electrons. The number of aromatic nitrogens is 1. The molecule has 2 rings (SSSR count). The maximum atomic E-state index is 10.9. The van der Waals surface area contributed by atoms with Gasteiger partial charge in [-0.3, -0.25) is 0 Å². The van der Waals surface area contributed by atoms with Crippen molar-refractivity contribution in [3.05, 3.63) is 38.4 Å². The van der Waals surface area contributed by atoms with Gasteiger partial charge in [-0.15, -0.1) is 0 Å². The first-order valence-electron chi connectivity index (χ1n) is 4.79. The Morgan fingerprint density at radius 3 is 2.59 bits per heavy atom. The van der Waals surface area contributed by atoms with Gasteiger partial charge in [-0.05, 0) is 53.8 Å². The first kappa shape index (κ1) is 12.3. The van der Waals surface area contributed by atoms with Crippen molar-refractivity contribution in [2.24, 2.45) is 0 Å². The Morgan fingerprint density at radius 2 is 2.06 bits per heavy atom. The third-order valence-electron chi connectivity index (χ3n) is 2.09. The van der Waals surface area contributed by atoms with Crippen molar-refractivity contribution in [2.75, 3.05) is 5.32 Å². The van der Waals surface area contributed by atoms with Crippen molar-refractivity contribution in [3.8, 4) is 0 Å². The van der Waals surface area contributed by atoms with E-state index in [1.54, 1.807) is 6.92 Å². The Labute approximate surface area is 116 Å². The Hall–Kier alpha value is -1.15. The van der Waals surface area contributed by atoms with Crippen LogP contribution in [-0.2, 0) is 0 Å². The number of hydrogen-bond donors (Lipinski definition) is 2. The molecule has 0 amide bonds. The number of halogens is 1. The summed E-state index contributed by atoms with van der Waals surface area (Å²) in [5.74, 6) is -0.935. The molecule has 0 atom stereocenters. The molecule has 88 valence electrons. The van der Waals surface area contributed by atoms with E-state index in [9.17, 15) is 4.79 Å². The molecule has 0 aliphatic carbocycles. The molecule has 1 aromatic heterocycles. The lowest BCUT2D eigenvalue weighted by Crippen LogP contribution is -1.94. The summed E-state index contributed by atoms with van der Waals surface area (Å²) in [6, 6.07) is 7.81. The molecule has 0 aliphatic rings. The fourth-order valence-electron chi connectivity index (χ4n) is 1.31. The number of nitrogens with one attached hydrogen (secondary N) is 1. The van der Waals surface area contributed by atoms with Crippen molar-refractivity contribution in [3.63, 3.8) is 0 Å². The van der Waals surface area contributed by atoms with Gasteiger partial charge in [0.25, 0.3) is 0 Å². The maximum absolute atomic E-state index is 10.9. The topological polar surface area (TPSA) is 62.2 Å². The summed E-state index contributed by atoms with van der Waals surface area (Å²) in [5, 5.41) is 12.6. The summed E-state index contributed by atoms with van der Waals surface area (Å²) in [6.07, 6.45) is 0. The van der Waals surface area contributed by atoms with E-state index in [4.69, 9.17) is 5.11 Å². The number of carbonyl (C=O) groups is 1. The molecule has 2 N–H and O–H groups in total. The summed E-state index contributed by atoms with van der Waals surface area (Å²) in [5.41, 5.74) is 1.44. The van der Waals surface area contributed by atoms with Crippen LogP contribution < -0.4 is 5.32 Å². The molecule has 17 heavy (non-hydrogen) atoms. The van der Waals surface area contributed by atoms with E-state index < -0.39 is 5.97 Å². The van der Waals surface area contributed by atoms with Crippen molar-refractivity contribution < 1.29 is 9.90 Å². The van der Waals surface area contributed by atoms with E-state index >= 15 is 0 Å². The van der Waals surface area contributed by atoms with Crippen LogP contribution in [0.5, 0.6) is 0 Å². The normalized spacial score (nSPS) is 10.2. The van der Waals surface area contributed by atoms with E-state index in [0.717, 1.165) is 20.6 Å².